The van der Waals surface area contributed by atoms with E-state index in [4.69, 9.17) is 11.6 Å². The van der Waals surface area contributed by atoms with Gasteiger partial charge in [-0.05, 0) is 31.0 Å². The zero-order chi connectivity index (χ0) is 13.7. The fourth-order valence-corrected chi connectivity index (χ4v) is 1.68. The summed E-state index contributed by atoms with van der Waals surface area (Å²) in [5, 5.41) is 3.22. The van der Waals surface area contributed by atoms with Gasteiger partial charge >= 0.3 is 5.97 Å². The smallest absolute Gasteiger partial charge is 0.318 e. The molecule has 1 aromatic carbocycles. The Kier molecular flexibility index (Phi) is 5.16. The number of aryl methyl sites for hydroxylation is 1. The molecular weight excluding hydrogens is 254 g/mol. The topological polar surface area (TPSA) is 55.4 Å². The number of methoxy groups -OCH3 is 1. The summed E-state index contributed by atoms with van der Waals surface area (Å²) >= 11 is 5.96. The molecule has 1 unspecified atom stereocenters. The van der Waals surface area contributed by atoms with Crippen molar-refractivity contribution in [1.82, 2.24) is 0 Å². The number of nitrogens with one attached hydrogen (secondary N) is 1. The summed E-state index contributed by atoms with van der Waals surface area (Å²) in [6.45, 7) is 3.63. The van der Waals surface area contributed by atoms with E-state index in [0.29, 0.717) is 17.1 Å². The molecule has 0 aliphatic heterocycles. The lowest BCUT2D eigenvalue weighted by atomic mass is 10.1. The summed E-state index contributed by atoms with van der Waals surface area (Å²) in [7, 11) is 1.26. The van der Waals surface area contributed by atoms with Crippen LogP contribution in [0.15, 0.2) is 18.2 Å². The minimum Gasteiger partial charge on any atom is -0.468 e. The van der Waals surface area contributed by atoms with Crippen LogP contribution in [-0.4, -0.2) is 19.0 Å². The number of rotatable bonds is 4. The fraction of sp³-hybridized carbons (Fsp3) is 0.385. The maximum atomic E-state index is 11.9. The van der Waals surface area contributed by atoms with Crippen LogP contribution in [0.4, 0.5) is 5.69 Å². The fourth-order valence-electron chi connectivity index (χ4n) is 1.50. The van der Waals surface area contributed by atoms with Crippen LogP contribution in [0.2, 0.25) is 5.02 Å². The largest absolute Gasteiger partial charge is 0.468 e. The monoisotopic (exact) mass is 269 g/mol. The van der Waals surface area contributed by atoms with Crippen molar-refractivity contribution in [2.45, 2.75) is 20.3 Å². The third-order valence-corrected chi connectivity index (χ3v) is 3.06. The summed E-state index contributed by atoms with van der Waals surface area (Å²) in [4.78, 5) is 23.3. The van der Waals surface area contributed by atoms with Crippen LogP contribution >= 0.6 is 11.6 Å². The standard InChI is InChI=1S/C13H16ClNO3/c1-4-10(13(17)18-3)12(16)15-9-6-5-8(2)11(14)7-9/h5-7,10H,4H2,1-3H3,(H,15,16). The molecule has 0 saturated carbocycles. The van der Waals surface area contributed by atoms with E-state index in [2.05, 4.69) is 10.1 Å². The summed E-state index contributed by atoms with van der Waals surface area (Å²) in [5.41, 5.74) is 1.49. The highest BCUT2D eigenvalue weighted by Gasteiger charge is 2.25. The highest BCUT2D eigenvalue weighted by Crippen LogP contribution is 2.20. The van der Waals surface area contributed by atoms with Crippen molar-refractivity contribution in [2.24, 2.45) is 5.92 Å². The first-order valence-electron chi connectivity index (χ1n) is 5.64. The first-order valence-corrected chi connectivity index (χ1v) is 6.02. The summed E-state index contributed by atoms with van der Waals surface area (Å²) in [6.07, 6.45) is 0.387. The number of ether oxygens (including phenoxy) is 1. The van der Waals surface area contributed by atoms with Gasteiger partial charge in [-0.3, -0.25) is 9.59 Å². The van der Waals surface area contributed by atoms with Crippen molar-refractivity contribution in [3.8, 4) is 0 Å². The number of esters is 1. The highest BCUT2D eigenvalue weighted by molar-refractivity contribution is 6.31. The highest BCUT2D eigenvalue weighted by atomic mass is 35.5. The Morgan fingerprint density at radius 3 is 2.61 bits per heavy atom. The number of hydrogen-bond donors (Lipinski definition) is 1. The van der Waals surface area contributed by atoms with Crippen molar-refractivity contribution < 1.29 is 14.3 Å². The molecule has 0 heterocycles. The molecule has 1 N–H and O–H groups in total. The van der Waals surface area contributed by atoms with Gasteiger partial charge < -0.3 is 10.1 Å². The van der Waals surface area contributed by atoms with Crippen molar-refractivity contribution in [3.05, 3.63) is 28.8 Å². The molecule has 0 radical (unpaired) electrons. The van der Waals surface area contributed by atoms with E-state index in [1.54, 1.807) is 25.1 Å². The number of hydrogen-bond acceptors (Lipinski definition) is 3. The van der Waals surface area contributed by atoms with Crippen LogP contribution in [0.3, 0.4) is 0 Å². The Morgan fingerprint density at radius 2 is 2.11 bits per heavy atom. The molecule has 0 fully saturated rings. The molecule has 0 saturated heterocycles. The van der Waals surface area contributed by atoms with E-state index in [1.807, 2.05) is 6.92 Å². The Hall–Kier alpha value is -1.55. The maximum Gasteiger partial charge on any atom is 0.318 e. The third-order valence-electron chi connectivity index (χ3n) is 2.65. The molecule has 0 aliphatic rings. The summed E-state index contributed by atoms with van der Waals surface area (Å²) in [6, 6.07) is 5.19. The lowest BCUT2D eigenvalue weighted by Gasteiger charge is -2.13. The predicted molar refractivity (Wildman–Crippen MR) is 70.6 cm³/mol. The molecule has 0 aliphatic carbocycles. The van der Waals surface area contributed by atoms with E-state index < -0.39 is 11.9 Å². The molecule has 5 heteroatoms. The predicted octanol–water partition coefficient (Wildman–Crippen LogP) is 2.79. The average molecular weight is 270 g/mol. The number of carbonyl (C=O) groups excluding carboxylic acids is 2. The van der Waals surface area contributed by atoms with E-state index in [1.165, 1.54) is 7.11 Å². The van der Waals surface area contributed by atoms with Crippen molar-refractivity contribution in [3.63, 3.8) is 0 Å². The van der Waals surface area contributed by atoms with Gasteiger partial charge in [0.15, 0.2) is 0 Å². The van der Waals surface area contributed by atoms with Gasteiger partial charge in [-0.2, -0.15) is 0 Å². The Morgan fingerprint density at radius 1 is 1.44 bits per heavy atom. The van der Waals surface area contributed by atoms with Gasteiger partial charge in [-0.15, -0.1) is 0 Å². The van der Waals surface area contributed by atoms with Crippen LogP contribution in [0, 0.1) is 12.8 Å². The van der Waals surface area contributed by atoms with E-state index >= 15 is 0 Å². The molecule has 98 valence electrons. The molecule has 0 bridgehead atoms. The lowest BCUT2D eigenvalue weighted by molar-refractivity contribution is -0.148. The second-order valence-electron chi connectivity index (χ2n) is 3.94. The quantitative estimate of drug-likeness (QED) is 0.675. The number of benzene rings is 1. The van der Waals surface area contributed by atoms with Crippen molar-refractivity contribution in [1.29, 1.82) is 0 Å². The SMILES string of the molecule is CCC(C(=O)Nc1ccc(C)c(Cl)c1)C(=O)OC. The second-order valence-corrected chi connectivity index (χ2v) is 4.34. The zero-order valence-electron chi connectivity index (χ0n) is 10.6. The molecule has 1 rings (SSSR count). The third kappa shape index (κ3) is 3.47. The van der Waals surface area contributed by atoms with Crippen LogP contribution in [-0.2, 0) is 14.3 Å². The van der Waals surface area contributed by atoms with E-state index in [0.717, 1.165) is 5.56 Å². The first-order chi connectivity index (χ1) is 8.49. The molecule has 0 aromatic heterocycles. The molecule has 4 nitrogen and oxygen atoms in total. The van der Waals surface area contributed by atoms with Gasteiger partial charge in [0.05, 0.1) is 7.11 Å². The van der Waals surface area contributed by atoms with Crippen molar-refractivity contribution >= 4 is 29.2 Å². The van der Waals surface area contributed by atoms with Gasteiger partial charge in [0.25, 0.3) is 0 Å². The Bertz CT molecular complexity index is 460. The number of halogens is 1. The first kappa shape index (κ1) is 14.5. The zero-order valence-corrected chi connectivity index (χ0v) is 11.4. The number of anilines is 1. The van der Waals surface area contributed by atoms with Crippen LogP contribution in [0.1, 0.15) is 18.9 Å². The molecule has 1 atom stereocenters. The molecule has 1 aromatic rings. The molecule has 1 amide bonds. The second kappa shape index (κ2) is 6.40. The van der Waals surface area contributed by atoms with Gasteiger partial charge in [-0.25, -0.2) is 0 Å². The van der Waals surface area contributed by atoms with Crippen LogP contribution in [0.5, 0.6) is 0 Å². The van der Waals surface area contributed by atoms with Crippen LogP contribution in [0.25, 0.3) is 0 Å². The van der Waals surface area contributed by atoms with Crippen LogP contribution < -0.4 is 5.32 Å². The molecule has 18 heavy (non-hydrogen) atoms. The molecular formula is C13H16ClNO3. The summed E-state index contributed by atoms with van der Waals surface area (Å²) < 4.78 is 4.58. The summed E-state index contributed by atoms with van der Waals surface area (Å²) in [5.74, 6) is -1.72. The van der Waals surface area contributed by atoms with Gasteiger partial charge in [0, 0.05) is 10.7 Å². The lowest BCUT2D eigenvalue weighted by Crippen LogP contribution is -2.30. The number of carbonyl (C=O) groups is 2. The average Bonchev–Trinajstić information content (AvgIpc) is 2.34. The Labute approximate surface area is 111 Å². The minimum atomic E-state index is -0.796. The minimum absolute atomic E-state index is 0.385. The van der Waals surface area contributed by atoms with Gasteiger partial charge in [-0.1, -0.05) is 24.6 Å². The van der Waals surface area contributed by atoms with Gasteiger partial charge in [0.2, 0.25) is 5.91 Å². The van der Waals surface area contributed by atoms with E-state index in [-0.39, 0.29) is 5.91 Å². The number of amides is 1. The Balaban J connectivity index is 2.79. The normalized spacial score (nSPS) is 11.8. The molecule has 0 spiro atoms. The van der Waals surface area contributed by atoms with E-state index in [9.17, 15) is 9.59 Å². The van der Waals surface area contributed by atoms with Gasteiger partial charge in [0.1, 0.15) is 5.92 Å². The maximum absolute atomic E-state index is 11.9. The van der Waals surface area contributed by atoms with Crippen molar-refractivity contribution in [2.75, 3.05) is 12.4 Å².